The monoisotopic (exact) mass is 649 g/mol. The zero-order valence-electron chi connectivity index (χ0n) is 28.3. The molecule has 10 heteroatoms. The average Bonchev–Trinajstić information content (AvgIpc) is 3.31. The molecule has 0 saturated carbocycles. The third-order valence-electron chi connectivity index (χ3n) is 7.80. The maximum absolute atomic E-state index is 12.3. The minimum Gasteiger partial charge on any atom is -0.463 e. The van der Waals surface area contributed by atoms with Gasteiger partial charge in [0.1, 0.15) is 6.61 Å². The molecule has 1 aliphatic rings. The van der Waals surface area contributed by atoms with E-state index in [-0.39, 0.29) is 37.5 Å². The number of benzene rings is 1. The van der Waals surface area contributed by atoms with Crippen molar-refractivity contribution in [3.05, 3.63) is 35.4 Å². The van der Waals surface area contributed by atoms with Crippen molar-refractivity contribution in [3.63, 3.8) is 0 Å². The topological polar surface area (TPSA) is 110 Å². The van der Waals surface area contributed by atoms with Gasteiger partial charge in [-0.1, -0.05) is 96.1 Å². The van der Waals surface area contributed by atoms with Crippen molar-refractivity contribution in [2.75, 3.05) is 79.2 Å². The summed E-state index contributed by atoms with van der Waals surface area (Å²) in [4.78, 5) is 37.7. The molecule has 0 N–H and O–H groups in total. The minimum atomic E-state index is -0.276. The van der Waals surface area contributed by atoms with Gasteiger partial charge in [-0.2, -0.15) is 0 Å². The second-order valence-corrected chi connectivity index (χ2v) is 11.6. The highest BCUT2D eigenvalue weighted by Crippen LogP contribution is 2.22. The summed E-state index contributed by atoms with van der Waals surface area (Å²) in [7, 11) is 0. The second-order valence-electron chi connectivity index (χ2n) is 11.6. The summed E-state index contributed by atoms with van der Waals surface area (Å²) in [6, 6.07) is 6.83. The Morgan fingerprint density at radius 3 is 1.33 bits per heavy atom. The Balaban J connectivity index is 1.22. The van der Waals surface area contributed by atoms with E-state index in [2.05, 4.69) is 6.92 Å². The van der Waals surface area contributed by atoms with E-state index >= 15 is 0 Å². The van der Waals surface area contributed by atoms with Gasteiger partial charge in [0.25, 0.3) is 11.8 Å². The van der Waals surface area contributed by atoms with Crippen LogP contribution in [0.15, 0.2) is 24.3 Å². The van der Waals surface area contributed by atoms with Gasteiger partial charge in [-0.15, -0.1) is 0 Å². The molecule has 0 radical (unpaired) electrons. The molecule has 262 valence electrons. The van der Waals surface area contributed by atoms with E-state index in [0.29, 0.717) is 77.0 Å². The first-order valence-corrected chi connectivity index (χ1v) is 17.6. The van der Waals surface area contributed by atoms with E-state index in [4.69, 9.17) is 28.4 Å². The predicted molar refractivity (Wildman–Crippen MR) is 177 cm³/mol. The van der Waals surface area contributed by atoms with Crippen LogP contribution in [0, 0.1) is 0 Å². The van der Waals surface area contributed by atoms with E-state index < -0.39 is 0 Å². The fourth-order valence-corrected chi connectivity index (χ4v) is 5.15. The molecule has 2 rings (SSSR count). The van der Waals surface area contributed by atoms with Crippen LogP contribution in [0.4, 0.5) is 0 Å². The summed E-state index contributed by atoms with van der Waals surface area (Å²) in [6.07, 6.45) is 17.2. The third kappa shape index (κ3) is 18.7. The Kier molecular flexibility index (Phi) is 24.0. The van der Waals surface area contributed by atoms with Crippen LogP contribution < -0.4 is 0 Å². The fourth-order valence-electron chi connectivity index (χ4n) is 5.15. The van der Waals surface area contributed by atoms with Gasteiger partial charge >= 0.3 is 5.97 Å². The first kappa shape index (κ1) is 39.8. The molecular formula is C36H59NO9. The maximum atomic E-state index is 12.3. The zero-order valence-corrected chi connectivity index (χ0v) is 28.3. The smallest absolute Gasteiger partial charge is 0.305 e. The lowest BCUT2D eigenvalue weighted by molar-refractivity contribution is -0.145. The number of carbonyl (C=O) groups excluding carboxylic acids is 3. The molecule has 0 saturated heterocycles. The lowest BCUT2D eigenvalue weighted by atomic mass is 10.0. The summed E-state index contributed by atoms with van der Waals surface area (Å²) in [5.74, 6) is -0.694. The van der Waals surface area contributed by atoms with Gasteiger partial charge in [-0.05, 0) is 18.6 Å². The number of hydrogen-bond acceptors (Lipinski definition) is 9. The first-order chi connectivity index (χ1) is 22.6. The number of carbonyl (C=O) groups is 3. The van der Waals surface area contributed by atoms with E-state index in [1.54, 1.807) is 24.3 Å². The number of rotatable bonds is 32. The molecule has 1 heterocycles. The fraction of sp³-hybridized carbons (Fsp3) is 0.750. The SMILES string of the molecule is CCCCCCCCCCCCCCCC(=O)OCCOCCOCCOCCOCCOCCN1C(=O)c2ccccc2C1=O. The van der Waals surface area contributed by atoms with E-state index in [1.165, 1.54) is 75.5 Å². The van der Waals surface area contributed by atoms with Gasteiger partial charge < -0.3 is 28.4 Å². The van der Waals surface area contributed by atoms with Gasteiger partial charge in [0.15, 0.2) is 0 Å². The molecule has 10 nitrogen and oxygen atoms in total. The average molecular weight is 650 g/mol. The van der Waals surface area contributed by atoms with Crippen LogP contribution in [-0.2, 0) is 33.2 Å². The Bertz CT molecular complexity index is 907. The van der Waals surface area contributed by atoms with Gasteiger partial charge in [0.2, 0.25) is 0 Å². The van der Waals surface area contributed by atoms with E-state index in [0.717, 1.165) is 12.8 Å². The molecule has 1 aromatic carbocycles. The quantitative estimate of drug-likeness (QED) is 0.0498. The molecule has 0 fully saturated rings. The molecule has 0 unspecified atom stereocenters. The van der Waals surface area contributed by atoms with Crippen LogP contribution in [0.25, 0.3) is 0 Å². The Hall–Kier alpha value is -2.37. The highest BCUT2D eigenvalue weighted by Gasteiger charge is 2.34. The van der Waals surface area contributed by atoms with Crippen molar-refractivity contribution in [3.8, 4) is 0 Å². The molecule has 0 aromatic heterocycles. The van der Waals surface area contributed by atoms with E-state index in [9.17, 15) is 14.4 Å². The van der Waals surface area contributed by atoms with Crippen LogP contribution in [0.1, 0.15) is 118 Å². The van der Waals surface area contributed by atoms with Crippen molar-refractivity contribution >= 4 is 17.8 Å². The molecular weight excluding hydrogens is 590 g/mol. The van der Waals surface area contributed by atoms with Gasteiger partial charge in [0, 0.05) is 6.42 Å². The van der Waals surface area contributed by atoms with Crippen LogP contribution in [0.2, 0.25) is 0 Å². The summed E-state index contributed by atoms with van der Waals surface area (Å²) < 4.78 is 32.6. The largest absolute Gasteiger partial charge is 0.463 e. The maximum Gasteiger partial charge on any atom is 0.305 e. The van der Waals surface area contributed by atoms with Crippen molar-refractivity contribution in [1.82, 2.24) is 4.90 Å². The number of unbranched alkanes of at least 4 members (excludes halogenated alkanes) is 12. The Morgan fingerprint density at radius 2 is 0.891 bits per heavy atom. The molecule has 0 bridgehead atoms. The Labute approximate surface area is 276 Å². The molecule has 0 aliphatic carbocycles. The van der Waals surface area contributed by atoms with Gasteiger partial charge in [-0.25, -0.2) is 0 Å². The van der Waals surface area contributed by atoms with Crippen molar-refractivity contribution in [2.24, 2.45) is 0 Å². The normalized spacial score (nSPS) is 12.7. The standard InChI is InChI=1S/C36H59NO9/c1-2-3-4-5-6-7-8-9-10-11-12-13-14-19-34(38)46-31-30-45-29-28-44-27-26-43-25-24-42-23-22-41-21-20-37-35(39)32-17-15-16-18-33(32)36(37)40/h15-18H,2-14,19-31H2,1H3. The minimum absolute atomic E-state index is 0.142. The summed E-state index contributed by atoms with van der Waals surface area (Å²) in [6.45, 7) is 6.82. The first-order valence-electron chi connectivity index (χ1n) is 17.6. The summed E-state index contributed by atoms with van der Waals surface area (Å²) >= 11 is 0. The van der Waals surface area contributed by atoms with Crippen molar-refractivity contribution in [1.29, 1.82) is 0 Å². The van der Waals surface area contributed by atoms with Crippen LogP contribution in [0.5, 0.6) is 0 Å². The Morgan fingerprint density at radius 1 is 0.522 bits per heavy atom. The molecule has 0 spiro atoms. The molecule has 1 aromatic rings. The highest BCUT2D eigenvalue weighted by atomic mass is 16.6. The van der Waals surface area contributed by atoms with Crippen LogP contribution in [-0.4, -0.2) is 102 Å². The predicted octanol–water partition coefficient (Wildman–Crippen LogP) is 6.39. The highest BCUT2D eigenvalue weighted by molar-refractivity contribution is 6.21. The number of imide groups is 1. The number of nitrogens with zero attached hydrogens (tertiary/aromatic N) is 1. The zero-order chi connectivity index (χ0) is 32.9. The number of fused-ring (bicyclic) bond motifs is 1. The molecule has 1 aliphatic heterocycles. The lowest BCUT2D eigenvalue weighted by Gasteiger charge is -2.13. The number of esters is 1. The van der Waals surface area contributed by atoms with E-state index in [1.807, 2.05) is 0 Å². The molecule has 46 heavy (non-hydrogen) atoms. The number of amides is 2. The van der Waals surface area contributed by atoms with Crippen LogP contribution in [0.3, 0.4) is 0 Å². The third-order valence-corrected chi connectivity index (χ3v) is 7.80. The van der Waals surface area contributed by atoms with Gasteiger partial charge in [0.05, 0.1) is 83.7 Å². The van der Waals surface area contributed by atoms with Crippen LogP contribution >= 0.6 is 0 Å². The molecule has 0 atom stereocenters. The van der Waals surface area contributed by atoms with Crippen molar-refractivity contribution in [2.45, 2.75) is 96.8 Å². The lowest BCUT2D eigenvalue weighted by Crippen LogP contribution is -2.33. The second kappa shape index (κ2) is 27.7. The molecule has 2 amide bonds. The number of hydrogen-bond donors (Lipinski definition) is 0. The van der Waals surface area contributed by atoms with Crippen molar-refractivity contribution < 1.29 is 42.8 Å². The number of ether oxygens (including phenoxy) is 6. The summed E-state index contributed by atoms with van der Waals surface area (Å²) in [5.41, 5.74) is 0.888. The van der Waals surface area contributed by atoms with Gasteiger partial charge in [-0.3, -0.25) is 19.3 Å². The summed E-state index contributed by atoms with van der Waals surface area (Å²) in [5, 5.41) is 0.